The number of nitrogens with one attached hydrogen (secondary N) is 1. The maximum Gasteiger partial charge on any atom is 0.244 e. The highest BCUT2D eigenvalue weighted by atomic mass is 16.2. The maximum atomic E-state index is 12.2. The highest BCUT2D eigenvalue weighted by Gasteiger charge is 2.48. The highest BCUT2D eigenvalue weighted by molar-refractivity contribution is 5.97. The minimum absolute atomic E-state index is 0.0437. The highest BCUT2D eigenvalue weighted by Crippen LogP contribution is 2.34. The molecule has 0 radical (unpaired) electrons. The van der Waals surface area contributed by atoms with Crippen LogP contribution in [0.3, 0.4) is 0 Å². The smallest absolute Gasteiger partial charge is 0.244 e. The van der Waals surface area contributed by atoms with Gasteiger partial charge in [0.2, 0.25) is 11.8 Å². The number of anilines is 1. The number of likely N-dealkylation sites (N-methyl/N-ethyl adjacent to an activating group) is 1. The molecule has 0 saturated heterocycles. The first-order valence-corrected chi connectivity index (χ1v) is 7.31. The number of hydrogen-bond donors (Lipinski definition) is 2. The van der Waals surface area contributed by atoms with E-state index in [2.05, 4.69) is 5.32 Å². The minimum atomic E-state index is -0.727. The second-order valence-electron chi connectivity index (χ2n) is 5.79. The predicted octanol–water partition coefficient (Wildman–Crippen LogP) is 1.58. The lowest BCUT2D eigenvalue weighted by atomic mass is 10.1. The Bertz CT molecular complexity index is 544. The molecular formula is C16H23N3O2. The van der Waals surface area contributed by atoms with E-state index in [4.69, 9.17) is 5.73 Å². The fourth-order valence-corrected chi connectivity index (χ4v) is 2.35. The first-order chi connectivity index (χ1) is 9.87. The summed E-state index contributed by atoms with van der Waals surface area (Å²) >= 11 is 0. The van der Waals surface area contributed by atoms with E-state index in [1.54, 1.807) is 0 Å². The molecule has 0 aromatic heterocycles. The Hall–Kier alpha value is -1.88. The van der Waals surface area contributed by atoms with Crippen LogP contribution in [-0.2, 0) is 9.59 Å². The molecule has 3 N–H and O–H groups in total. The van der Waals surface area contributed by atoms with Crippen molar-refractivity contribution in [2.24, 2.45) is 5.73 Å². The number of nitrogens with zero attached hydrogens (tertiary/aromatic N) is 1. The van der Waals surface area contributed by atoms with Gasteiger partial charge in [-0.1, -0.05) is 18.2 Å². The van der Waals surface area contributed by atoms with E-state index >= 15 is 0 Å². The van der Waals surface area contributed by atoms with Crippen LogP contribution in [0.2, 0.25) is 0 Å². The van der Waals surface area contributed by atoms with Gasteiger partial charge in [-0.25, -0.2) is 0 Å². The second-order valence-corrected chi connectivity index (χ2v) is 5.79. The van der Waals surface area contributed by atoms with E-state index in [0.29, 0.717) is 19.4 Å². The molecule has 0 bridgehead atoms. The maximum absolute atomic E-state index is 12.2. The lowest BCUT2D eigenvalue weighted by Crippen LogP contribution is -2.48. The summed E-state index contributed by atoms with van der Waals surface area (Å²) in [6, 6.07) is 5.85. The lowest BCUT2D eigenvalue weighted by molar-refractivity contribution is -0.136. The Morgan fingerprint density at radius 2 is 1.86 bits per heavy atom. The summed E-state index contributed by atoms with van der Waals surface area (Å²) in [7, 11) is 0. The van der Waals surface area contributed by atoms with Crippen LogP contribution in [0.15, 0.2) is 18.2 Å². The van der Waals surface area contributed by atoms with Crippen molar-refractivity contribution < 1.29 is 9.59 Å². The van der Waals surface area contributed by atoms with Crippen molar-refractivity contribution in [3.63, 3.8) is 0 Å². The van der Waals surface area contributed by atoms with E-state index in [9.17, 15) is 9.59 Å². The van der Waals surface area contributed by atoms with E-state index < -0.39 is 5.54 Å². The third kappa shape index (κ3) is 3.42. The Morgan fingerprint density at radius 3 is 2.33 bits per heavy atom. The number of nitrogens with two attached hydrogens (primary N) is 1. The summed E-state index contributed by atoms with van der Waals surface area (Å²) in [5.74, 6) is -0.312. The Labute approximate surface area is 125 Å². The van der Waals surface area contributed by atoms with Crippen molar-refractivity contribution in [1.82, 2.24) is 4.90 Å². The topological polar surface area (TPSA) is 75.4 Å². The van der Waals surface area contributed by atoms with Crippen molar-refractivity contribution >= 4 is 17.5 Å². The monoisotopic (exact) mass is 289 g/mol. The van der Waals surface area contributed by atoms with Gasteiger partial charge >= 0.3 is 0 Å². The standard InChI is InChI=1S/C16H23N3O2/c1-4-19(15(21)16(17)8-9-16)10-13(20)18-14-11(2)6-5-7-12(14)3/h5-7H,4,8-10,17H2,1-3H3,(H,18,20). The summed E-state index contributed by atoms with van der Waals surface area (Å²) in [5.41, 5.74) is 8.03. The summed E-state index contributed by atoms with van der Waals surface area (Å²) in [4.78, 5) is 25.9. The van der Waals surface area contributed by atoms with Crippen molar-refractivity contribution in [3.05, 3.63) is 29.3 Å². The van der Waals surface area contributed by atoms with Gasteiger partial charge < -0.3 is 16.0 Å². The first kappa shape index (κ1) is 15.5. The lowest BCUT2D eigenvalue weighted by Gasteiger charge is -2.24. The molecular weight excluding hydrogens is 266 g/mol. The van der Waals surface area contributed by atoms with Gasteiger partial charge in [-0.2, -0.15) is 0 Å². The number of hydrogen-bond acceptors (Lipinski definition) is 3. The SMILES string of the molecule is CCN(CC(=O)Nc1c(C)cccc1C)C(=O)C1(N)CC1. The molecule has 0 unspecified atom stereocenters. The van der Waals surface area contributed by atoms with Crippen molar-refractivity contribution in [2.75, 3.05) is 18.4 Å². The molecule has 0 spiro atoms. The third-order valence-electron chi connectivity index (χ3n) is 3.96. The fourth-order valence-electron chi connectivity index (χ4n) is 2.35. The zero-order valence-corrected chi connectivity index (χ0v) is 12.9. The summed E-state index contributed by atoms with van der Waals surface area (Å²) in [5, 5.41) is 2.90. The molecule has 1 aromatic carbocycles. The van der Waals surface area contributed by atoms with Gasteiger partial charge in [-0.15, -0.1) is 0 Å². The largest absolute Gasteiger partial charge is 0.332 e. The molecule has 5 nitrogen and oxygen atoms in total. The number of aryl methyl sites for hydroxylation is 2. The quantitative estimate of drug-likeness (QED) is 0.864. The number of benzene rings is 1. The zero-order chi connectivity index (χ0) is 15.6. The molecule has 1 saturated carbocycles. The summed E-state index contributed by atoms with van der Waals surface area (Å²) < 4.78 is 0. The van der Waals surface area contributed by atoms with E-state index in [1.165, 1.54) is 4.90 Å². The Balaban J connectivity index is 2.02. The average molecular weight is 289 g/mol. The fraction of sp³-hybridized carbons (Fsp3) is 0.500. The molecule has 114 valence electrons. The average Bonchev–Trinajstić information content (AvgIpc) is 3.19. The number of rotatable bonds is 5. The summed E-state index contributed by atoms with van der Waals surface area (Å²) in [6.45, 7) is 6.28. The number of para-hydroxylation sites is 1. The van der Waals surface area contributed by atoms with Crippen LogP contribution in [0.5, 0.6) is 0 Å². The number of carbonyl (C=O) groups is 2. The van der Waals surface area contributed by atoms with Crippen LogP contribution in [-0.4, -0.2) is 35.3 Å². The van der Waals surface area contributed by atoms with Crippen LogP contribution in [0, 0.1) is 13.8 Å². The van der Waals surface area contributed by atoms with Gasteiger partial charge in [0.1, 0.15) is 0 Å². The van der Waals surface area contributed by atoms with Crippen molar-refractivity contribution in [1.29, 1.82) is 0 Å². The first-order valence-electron chi connectivity index (χ1n) is 7.31. The summed E-state index contributed by atoms with van der Waals surface area (Å²) in [6.07, 6.45) is 1.42. The predicted molar refractivity (Wildman–Crippen MR) is 83.0 cm³/mol. The van der Waals surface area contributed by atoms with Crippen molar-refractivity contribution in [3.8, 4) is 0 Å². The second kappa shape index (κ2) is 5.85. The van der Waals surface area contributed by atoms with Gasteiger partial charge in [-0.3, -0.25) is 9.59 Å². The third-order valence-corrected chi connectivity index (χ3v) is 3.96. The Morgan fingerprint density at radius 1 is 1.29 bits per heavy atom. The van der Waals surface area contributed by atoms with Crippen molar-refractivity contribution in [2.45, 2.75) is 39.2 Å². The molecule has 1 aliphatic carbocycles. The molecule has 21 heavy (non-hydrogen) atoms. The molecule has 1 aliphatic rings. The van der Waals surface area contributed by atoms with Crippen LogP contribution in [0.25, 0.3) is 0 Å². The molecule has 5 heteroatoms. The minimum Gasteiger partial charge on any atom is -0.332 e. The van der Waals surface area contributed by atoms with Gasteiger partial charge in [0, 0.05) is 12.2 Å². The van der Waals surface area contributed by atoms with Gasteiger partial charge in [0.15, 0.2) is 0 Å². The molecule has 2 rings (SSSR count). The molecule has 2 amide bonds. The number of amides is 2. The zero-order valence-electron chi connectivity index (χ0n) is 12.9. The molecule has 0 heterocycles. The van der Waals surface area contributed by atoms with E-state index in [1.807, 2.05) is 39.0 Å². The molecule has 0 aliphatic heterocycles. The molecule has 1 aromatic rings. The van der Waals surface area contributed by atoms with Gasteiger partial charge in [0.05, 0.1) is 12.1 Å². The Kier molecular flexibility index (Phi) is 4.32. The number of carbonyl (C=O) groups excluding carboxylic acids is 2. The van der Waals surface area contributed by atoms with Gasteiger partial charge in [0.25, 0.3) is 0 Å². The molecule has 0 atom stereocenters. The van der Waals surface area contributed by atoms with Crippen LogP contribution < -0.4 is 11.1 Å². The molecule has 1 fully saturated rings. The van der Waals surface area contributed by atoms with E-state index in [0.717, 1.165) is 16.8 Å². The van der Waals surface area contributed by atoms with E-state index in [-0.39, 0.29) is 18.4 Å². The van der Waals surface area contributed by atoms with Crippen LogP contribution in [0.4, 0.5) is 5.69 Å². The van der Waals surface area contributed by atoms with Crippen LogP contribution >= 0.6 is 0 Å². The van der Waals surface area contributed by atoms with Gasteiger partial charge in [-0.05, 0) is 44.7 Å². The van der Waals surface area contributed by atoms with Crippen LogP contribution in [0.1, 0.15) is 30.9 Å². The normalized spacial score (nSPS) is 15.4.